The van der Waals surface area contributed by atoms with E-state index in [9.17, 15) is 30.8 Å². The summed E-state index contributed by atoms with van der Waals surface area (Å²) in [6.45, 7) is -0.115. The highest BCUT2D eigenvalue weighted by Gasteiger charge is 2.33. The molecule has 0 aliphatic carbocycles. The molecule has 3 rings (SSSR count). The van der Waals surface area contributed by atoms with Gasteiger partial charge >= 0.3 is 6.18 Å². The topological polar surface area (TPSA) is 100 Å². The van der Waals surface area contributed by atoms with Crippen molar-refractivity contribution in [1.82, 2.24) is 10.3 Å². The number of halogens is 4. The van der Waals surface area contributed by atoms with Gasteiger partial charge in [-0.25, -0.2) is 17.8 Å². The summed E-state index contributed by atoms with van der Waals surface area (Å²) in [6.07, 6.45) is -3.38. The number of nitrogens with one attached hydrogen (secondary N) is 3. The fourth-order valence-electron chi connectivity index (χ4n) is 2.79. The molecule has 0 atom stereocenters. The molecule has 0 aliphatic heterocycles. The quantitative estimate of drug-likeness (QED) is 0.334. The van der Waals surface area contributed by atoms with Crippen molar-refractivity contribution >= 4 is 27.4 Å². The summed E-state index contributed by atoms with van der Waals surface area (Å²) in [6, 6.07) is 12.3. The largest absolute Gasteiger partial charge is 0.419 e. The maximum atomic E-state index is 13.8. The molecule has 33 heavy (non-hydrogen) atoms. The van der Waals surface area contributed by atoms with Gasteiger partial charge in [-0.05, 0) is 42.5 Å². The monoisotopic (exact) mass is 482 g/mol. The average Bonchev–Trinajstić information content (AvgIpc) is 2.78. The van der Waals surface area contributed by atoms with Gasteiger partial charge in [-0.3, -0.25) is 9.52 Å². The van der Waals surface area contributed by atoms with Crippen LogP contribution in [0.15, 0.2) is 71.8 Å². The molecular weight excluding hydrogens is 464 g/mol. The Morgan fingerprint density at radius 1 is 0.970 bits per heavy atom. The number of para-hydroxylation sites is 1. The van der Waals surface area contributed by atoms with Crippen LogP contribution in [0.3, 0.4) is 0 Å². The Hall–Kier alpha value is -3.67. The van der Waals surface area contributed by atoms with Crippen molar-refractivity contribution in [3.05, 3.63) is 83.8 Å². The molecule has 0 saturated heterocycles. The predicted molar refractivity (Wildman–Crippen MR) is 114 cm³/mol. The first kappa shape index (κ1) is 24.0. The molecule has 0 radical (unpaired) electrons. The van der Waals surface area contributed by atoms with E-state index in [1.807, 2.05) is 0 Å². The predicted octanol–water partition coefficient (Wildman–Crippen LogP) is 3.88. The van der Waals surface area contributed by atoms with Crippen LogP contribution in [-0.4, -0.2) is 32.4 Å². The highest BCUT2D eigenvalue weighted by atomic mass is 32.2. The molecule has 3 N–H and O–H groups in total. The van der Waals surface area contributed by atoms with E-state index in [4.69, 9.17) is 0 Å². The van der Waals surface area contributed by atoms with Crippen molar-refractivity contribution in [2.45, 2.75) is 11.1 Å². The summed E-state index contributed by atoms with van der Waals surface area (Å²) >= 11 is 0. The van der Waals surface area contributed by atoms with E-state index in [-0.39, 0.29) is 35.1 Å². The smallest absolute Gasteiger partial charge is 0.368 e. The molecule has 0 unspecified atom stereocenters. The number of aromatic nitrogens is 1. The molecule has 0 spiro atoms. The summed E-state index contributed by atoms with van der Waals surface area (Å²) in [5.41, 5.74) is -1.18. The summed E-state index contributed by atoms with van der Waals surface area (Å²) < 4.78 is 79.9. The number of carbonyl (C=O) groups is 1. The highest BCUT2D eigenvalue weighted by Crippen LogP contribution is 2.33. The number of benzene rings is 2. The van der Waals surface area contributed by atoms with Crippen LogP contribution in [-0.2, 0) is 16.2 Å². The van der Waals surface area contributed by atoms with E-state index in [2.05, 4.69) is 20.3 Å². The third-order valence-electron chi connectivity index (χ3n) is 4.34. The van der Waals surface area contributed by atoms with Gasteiger partial charge in [-0.15, -0.1) is 0 Å². The second kappa shape index (κ2) is 9.86. The molecule has 0 fully saturated rings. The molecule has 1 heterocycles. The van der Waals surface area contributed by atoms with Gasteiger partial charge in [-0.2, -0.15) is 13.2 Å². The Bertz CT molecular complexity index is 1250. The molecule has 0 aliphatic rings. The van der Waals surface area contributed by atoms with Gasteiger partial charge in [0.25, 0.3) is 15.9 Å². The average molecular weight is 482 g/mol. The van der Waals surface area contributed by atoms with E-state index in [0.717, 1.165) is 24.3 Å². The number of amides is 1. The van der Waals surface area contributed by atoms with E-state index < -0.39 is 33.5 Å². The second-order valence-corrected chi connectivity index (χ2v) is 8.38. The van der Waals surface area contributed by atoms with Crippen molar-refractivity contribution in [2.24, 2.45) is 0 Å². The number of alkyl halides is 3. The molecular formula is C21H18F4N4O3S. The number of anilines is 2. The second-order valence-electron chi connectivity index (χ2n) is 6.69. The van der Waals surface area contributed by atoms with Gasteiger partial charge < -0.3 is 10.6 Å². The molecule has 1 aromatic heterocycles. The SMILES string of the molecule is O=C(NCCNc1ncccc1C(F)(F)F)c1cccc(S(=O)(=O)Nc2ccccc2F)c1. The molecule has 0 bridgehead atoms. The first-order valence-electron chi connectivity index (χ1n) is 9.49. The molecule has 3 aromatic rings. The molecule has 12 heteroatoms. The Kier molecular flexibility index (Phi) is 7.16. The first-order chi connectivity index (χ1) is 15.6. The molecule has 7 nitrogen and oxygen atoms in total. The number of sulfonamides is 1. The number of carbonyl (C=O) groups excluding carboxylic acids is 1. The maximum Gasteiger partial charge on any atom is 0.419 e. The van der Waals surface area contributed by atoms with E-state index in [1.165, 1.54) is 42.6 Å². The lowest BCUT2D eigenvalue weighted by Gasteiger charge is -2.13. The van der Waals surface area contributed by atoms with Crippen LogP contribution in [0.1, 0.15) is 15.9 Å². The third-order valence-corrected chi connectivity index (χ3v) is 5.70. The fraction of sp³-hybridized carbons (Fsp3) is 0.143. The Labute approximate surface area is 186 Å². The Morgan fingerprint density at radius 2 is 1.73 bits per heavy atom. The first-order valence-corrected chi connectivity index (χ1v) is 11.0. The van der Waals surface area contributed by atoms with E-state index in [0.29, 0.717) is 0 Å². The Balaban J connectivity index is 1.62. The maximum absolute atomic E-state index is 13.8. The van der Waals surface area contributed by atoms with Gasteiger partial charge in [-0.1, -0.05) is 18.2 Å². The van der Waals surface area contributed by atoms with E-state index >= 15 is 0 Å². The standard InChI is InChI=1S/C21H18F4N4O3S/c22-17-8-1-2-9-18(17)29-33(31,32)15-6-3-5-14(13-15)20(30)28-12-11-27-19-16(21(23,24)25)7-4-10-26-19/h1-10,13,29H,11-12H2,(H,26,27)(H,28,30). The zero-order valence-corrected chi connectivity index (χ0v) is 17.7. The minimum atomic E-state index is -4.58. The highest BCUT2D eigenvalue weighted by molar-refractivity contribution is 7.92. The summed E-state index contributed by atoms with van der Waals surface area (Å²) in [5, 5.41) is 4.99. The zero-order valence-electron chi connectivity index (χ0n) is 16.9. The van der Waals surface area contributed by atoms with Crippen LogP contribution < -0.4 is 15.4 Å². The van der Waals surface area contributed by atoms with Crippen LogP contribution in [0.5, 0.6) is 0 Å². The van der Waals surface area contributed by atoms with Crippen LogP contribution in [0.2, 0.25) is 0 Å². The minimum Gasteiger partial charge on any atom is -0.368 e. The van der Waals surface area contributed by atoms with Gasteiger partial charge in [0.2, 0.25) is 0 Å². The number of hydrogen-bond donors (Lipinski definition) is 3. The lowest BCUT2D eigenvalue weighted by atomic mass is 10.2. The third kappa shape index (κ3) is 6.19. The molecule has 1 amide bonds. The van der Waals surface area contributed by atoms with Gasteiger partial charge in [0, 0.05) is 24.8 Å². The number of rotatable bonds is 8. The van der Waals surface area contributed by atoms with Crippen molar-refractivity contribution in [1.29, 1.82) is 0 Å². The molecule has 174 valence electrons. The zero-order chi connectivity index (χ0) is 24.1. The molecule has 0 saturated carbocycles. The normalized spacial score (nSPS) is 11.6. The minimum absolute atomic E-state index is 0.000209. The molecule has 2 aromatic carbocycles. The summed E-state index contributed by atoms with van der Waals surface area (Å²) in [5.74, 6) is -1.77. The van der Waals surface area contributed by atoms with Crippen molar-refractivity contribution in [2.75, 3.05) is 23.1 Å². The lowest BCUT2D eigenvalue weighted by Crippen LogP contribution is -2.29. The van der Waals surface area contributed by atoms with Crippen LogP contribution >= 0.6 is 0 Å². The van der Waals surface area contributed by atoms with Gasteiger partial charge in [0.1, 0.15) is 11.6 Å². The Morgan fingerprint density at radius 3 is 2.45 bits per heavy atom. The van der Waals surface area contributed by atoms with Gasteiger partial charge in [0.05, 0.1) is 16.1 Å². The number of nitrogens with zero attached hydrogens (tertiary/aromatic N) is 1. The van der Waals surface area contributed by atoms with Gasteiger partial charge in [0.15, 0.2) is 0 Å². The number of hydrogen-bond acceptors (Lipinski definition) is 5. The summed E-state index contributed by atoms with van der Waals surface area (Å²) in [4.78, 5) is 15.8. The fourth-order valence-corrected chi connectivity index (χ4v) is 3.90. The lowest BCUT2D eigenvalue weighted by molar-refractivity contribution is -0.137. The number of pyridine rings is 1. The van der Waals surface area contributed by atoms with Crippen molar-refractivity contribution in [3.63, 3.8) is 0 Å². The van der Waals surface area contributed by atoms with Crippen LogP contribution in [0, 0.1) is 5.82 Å². The van der Waals surface area contributed by atoms with E-state index in [1.54, 1.807) is 0 Å². The van der Waals surface area contributed by atoms with Crippen molar-refractivity contribution < 1.29 is 30.8 Å². The van der Waals surface area contributed by atoms with Crippen molar-refractivity contribution in [3.8, 4) is 0 Å². The summed E-state index contributed by atoms with van der Waals surface area (Å²) in [7, 11) is -4.17. The van der Waals surface area contributed by atoms with Crippen LogP contribution in [0.4, 0.5) is 29.1 Å². The van der Waals surface area contributed by atoms with Crippen LogP contribution in [0.25, 0.3) is 0 Å².